The molecule has 0 N–H and O–H groups in total. The number of benzene rings is 7. The van der Waals surface area contributed by atoms with Crippen molar-refractivity contribution in [2.24, 2.45) is 0 Å². The van der Waals surface area contributed by atoms with Crippen molar-refractivity contribution in [2.45, 2.75) is 0 Å². The number of rotatable bonds is 6. The van der Waals surface area contributed by atoms with Crippen LogP contribution >= 0.6 is 0 Å². The minimum atomic E-state index is -0.369. The van der Waals surface area contributed by atoms with E-state index < -0.39 is 0 Å². The molecule has 0 fully saturated rings. The molecule has 0 spiro atoms. The van der Waals surface area contributed by atoms with E-state index in [1.54, 1.807) is 18.5 Å². The molecule has 2 amide bonds. The summed E-state index contributed by atoms with van der Waals surface area (Å²) in [6, 6.07) is 54.4. The van der Waals surface area contributed by atoms with E-state index in [4.69, 9.17) is 0 Å². The van der Waals surface area contributed by atoms with Gasteiger partial charge in [-0.25, -0.2) is 14.9 Å². The first kappa shape index (κ1) is 31.3. The van der Waals surface area contributed by atoms with Crippen LogP contribution in [0.1, 0.15) is 20.7 Å². The molecule has 0 atom stereocenters. The van der Waals surface area contributed by atoms with Gasteiger partial charge in [-0.2, -0.15) is 0 Å². The highest BCUT2D eigenvalue weighted by Gasteiger charge is 2.41. The second-order valence-corrected chi connectivity index (χ2v) is 13.4. The Kier molecular flexibility index (Phi) is 7.34. The quantitative estimate of drug-likeness (QED) is 0.163. The van der Waals surface area contributed by atoms with Crippen LogP contribution in [0.4, 0.5) is 5.69 Å². The Bertz CT molecular complexity index is 2840. The fraction of sp³-hybridized carbons (Fsp3) is 0. The molecule has 0 saturated carbocycles. The Hall–Kier alpha value is -7.44. The highest BCUT2D eigenvalue weighted by Crippen LogP contribution is 2.47. The van der Waals surface area contributed by atoms with Crippen molar-refractivity contribution in [2.75, 3.05) is 4.90 Å². The fourth-order valence-electron chi connectivity index (χ4n) is 7.86. The molecular formula is C48H30N4O2. The molecule has 6 heteroatoms. The summed E-state index contributed by atoms with van der Waals surface area (Å²) in [7, 11) is 0. The van der Waals surface area contributed by atoms with Crippen molar-refractivity contribution >= 4 is 39.3 Å². The van der Waals surface area contributed by atoms with Gasteiger partial charge in [-0.05, 0) is 64.2 Å². The summed E-state index contributed by atoms with van der Waals surface area (Å²) in [6.07, 6.45) is 5.10. The van der Waals surface area contributed by atoms with Crippen molar-refractivity contribution in [3.8, 4) is 50.2 Å². The smallest absolute Gasteiger partial charge is 0.268 e. The number of hydrogen-bond acceptors (Lipinski definition) is 4. The fourth-order valence-corrected chi connectivity index (χ4v) is 7.86. The van der Waals surface area contributed by atoms with Crippen LogP contribution in [0.2, 0.25) is 0 Å². The Balaban J connectivity index is 1.23. The van der Waals surface area contributed by atoms with Gasteiger partial charge in [0.2, 0.25) is 0 Å². The standard InChI is InChI=1S/C48H30N4O2/c53-47-39-20-12-22-43(51-42-21-11-10-19-37(42)38-24-23-34(27-44(38)51)36-28-49-30-50-29-36)45(39)48(54)52(47)46-40(32-15-6-2-7-16-32)25-35(31-13-4-1-5-14-31)26-41(46)33-17-8-3-9-18-33/h1-30H. The van der Waals surface area contributed by atoms with Crippen molar-refractivity contribution < 1.29 is 9.59 Å². The monoisotopic (exact) mass is 694 g/mol. The van der Waals surface area contributed by atoms with Crippen LogP contribution in [0.5, 0.6) is 0 Å². The number of carbonyl (C=O) groups excluding carboxylic acids is 2. The van der Waals surface area contributed by atoms with Crippen LogP contribution in [0, 0.1) is 0 Å². The lowest BCUT2D eigenvalue weighted by Crippen LogP contribution is -2.30. The van der Waals surface area contributed by atoms with Gasteiger partial charge >= 0.3 is 0 Å². The number of aromatic nitrogens is 3. The Morgan fingerprint density at radius 1 is 0.407 bits per heavy atom. The molecule has 0 unspecified atom stereocenters. The molecule has 0 aliphatic carbocycles. The van der Waals surface area contributed by atoms with E-state index >= 15 is 4.79 Å². The van der Waals surface area contributed by atoms with E-state index in [1.165, 1.54) is 11.2 Å². The number of hydrogen-bond donors (Lipinski definition) is 0. The summed E-state index contributed by atoms with van der Waals surface area (Å²) < 4.78 is 2.11. The van der Waals surface area contributed by atoms with Crippen LogP contribution in [-0.4, -0.2) is 26.3 Å². The normalized spacial score (nSPS) is 12.5. The number of fused-ring (bicyclic) bond motifs is 4. The third-order valence-corrected chi connectivity index (χ3v) is 10.3. The van der Waals surface area contributed by atoms with Gasteiger partial charge in [0.25, 0.3) is 11.8 Å². The molecule has 0 saturated heterocycles. The van der Waals surface area contributed by atoms with Crippen LogP contribution in [0.15, 0.2) is 183 Å². The maximum atomic E-state index is 15.3. The van der Waals surface area contributed by atoms with Crippen LogP contribution in [-0.2, 0) is 0 Å². The molecule has 3 heterocycles. The molecule has 9 aromatic rings. The predicted molar refractivity (Wildman–Crippen MR) is 216 cm³/mol. The van der Waals surface area contributed by atoms with Gasteiger partial charge in [0, 0.05) is 39.9 Å². The Labute approximate surface area is 311 Å². The molecular weight excluding hydrogens is 665 g/mol. The first-order valence-corrected chi connectivity index (χ1v) is 17.8. The van der Waals surface area contributed by atoms with Crippen molar-refractivity contribution in [3.63, 3.8) is 0 Å². The van der Waals surface area contributed by atoms with Gasteiger partial charge in [0.15, 0.2) is 0 Å². The van der Waals surface area contributed by atoms with E-state index in [1.807, 2.05) is 103 Å². The maximum absolute atomic E-state index is 15.3. The highest BCUT2D eigenvalue weighted by atomic mass is 16.2. The van der Waals surface area contributed by atoms with E-state index in [-0.39, 0.29) is 11.8 Å². The Morgan fingerprint density at radius 3 is 1.67 bits per heavy atom. The third kappa shape index (κ3) is 4.96. The zero-order chi connectivity index (χ0) is 36.2. The van der Waals surface area contributed by atoms with E-state index in [2.05, 4.69) is 69.1 Å². The molecule has 54 heavy (non-hydrogen) atoms. The second kappa shape index (κ2) is 12.7. The lowest BCUT2D eigenvalue weighted by atomic mass is 9.90. The highest BCUT2D eigenvalue weighted by molar-refractivity contribution is 6.37. The van der Waals surface area contributed by atoms with Gasteiger partial charge in [-0.1, -0.05) is 127 Å². The van der Waals surface area contributed by atoms with Crippen molar-refractivity contribution in [1.82, 2.24) is 14.5 Å². The summed E-state index contributed by atoms with van der Waals surface area (Å²) >= 11 is 0. The number of imide groups is 1. The summed E-state index contributed by atoms with van der Waals surface area (Å²) in [5, 5.41) is 2.08. The third-order valence-electron chi connectivity index (χ3n) is 10.3. The molecule has 7 aromatic carbocycles. The van der Waals surface area contributed by atoms with Gasteiger partial charge in [0.05, 0.1) is 33.5 Å². The van der Waals surface area contributed by atoms with Crippen LogP contribution in [0.3, 0.4) is 0 Å². The summed E-state index contributed by atoms with van der Waals surface area (Å²) in [5.74, 6) is -0.729. The lowest BCUT2D eigenvalue weighted by Gasteiger charge is -2.24. The summed E-state index contributed by atoms with van der Waals surface area (Å²) in [4.78, 5) is 40.1. The number of para-hydroxylation sites is 1. The molecule has 0 bridgehead atoms. The van der Waals surface area contributed by atoms with Crippen LogP contribution < -0.4 is 4.90 Å². The topological polar surface area (TPSA) is 68.1 Å². The molecule has 254 valence electrons. The number of nitrogens with zero attached hydrogens (tertiary/aromatic N) is 4. The summed E-state index contributed by atoms with van der Waals surface area (Å²) in [6.45, 7) is 0. The van der Waals surface area contributed by atoms with Gasteiger partial charge in [-0.3, -0.25) is 9.59 Å². The van der Waals surface area contributed by atoms with Gasteiger partial charge in [0.1, 0.15) is 6.33 Å². The molecule has 10 rings (SSSR count). The van der Waals surface area contributed by atoms with Crippen molar-refractivity contribution in [3.05, 3.63) is 194 Å². The van der Waals surface area contributed by atoms with Gasteiger partial charge < -0.3 is 4.57 Å². The number of amides is 2. The Morgan fingerprint density at radius 2 is 1.00 bits per heavy atom. The van der Waals surface area contributed by atoms with Crippen molar-refractivity contribution in [1.29, 1.82) is 0 Å². The predicted octanol–water partition coefficient (Wildman–Crippen LogP) is 11.0. The second-order valence-electron chi connectivity index (χ2n) is 13.4. The summed E-state index contributed by atoms with van der Waals surface area (Å²) in [5.41, 5.74) is 11.0. The first-order chi connectivity index (χ1) is 26.7. The molecule has 2 aromatic heterocycles. The SMILES string of the molecule is O=C1c2cccc(-n3c4ccccc4c4ccc(-c5cncnc5)cc43)c2C(=O)N1c1c(-c2ccccc2)cc(-c2ccccc2)cc1-c1ccccc1. The van der Waals surface area contributed by atoms with Gasteiger partial charge in [-0.15, -0.1) is 0 Å². The lowest BCUT2D eigenvalue weighted by molar-refractivity contribution is 0.0926. The van der Waals surface area contributed by atoms with E-state index in [0.717, 1.165) is 66.3 Å². The largest absolute Gasteiger partial charge is 0.308 e. The molecule has 1 aliphatic heterocycles. The zero-order valence-corrected chi connectivity index (χ0v) is 28.9. The molecule has 6 nitrogen and oxygen atoms in total. The maximum Gasteiger partial charge on any atom is 0.268 e. The molecule has 1 aliphatic rings. The van der Waals surface area contributed by atoms with E-state index in [9.17, 15) is 4.79 Å². The average molecular weight is 695 g/mol. The first-order valence-electron chi connectivity index (χ1n) is 17.8. The molecule has 0 radical (unpaired) electrons. The minimum absolute atomic E-state index is 0.360. The van der Waals surface area contributed by atoms with Crippen LogP contribution in [0.25, 0.3) is 72.0 Å². The number of anilines is 1. The minimum Gasteiger partial charge on any atom is -0.308 e. The van der Waals surface area contributed by atoms with E-state index in [0.29, 0.717) is 22.5 Å². The average Bonchev–Trinajstić information content (AvgIpc) is 3.71. The zero-order valence-electron chi connectivity index (χ0n) is 28.9. The number of carbonyl (C=O) groups is 2.